The lowest BCUT2D eigenvalue weighted by Crippen LogP contribution is -2.46. The lowest BCUT2D eigenvalue weighted by atomic mass is 9.91. The van der Waals surface area contributed by atoms with Crippen molar-refractivity contribution in [2.75, 3.05) is 6.54 Å². The second kappa shape index (κ2) is 7.60. The summed E-state index contributed by atoms with van der Waals surface area (Å²) in [5.74, 6) is 0.501. The third kappa shape index (κ3) is 4.91. The minimum Gasteiger partial charge on any atom is -0.379 e. The van der Waals surface area contributed by atoms with Crippen molar-refractivity contribution in [1.82, 2.24) is 5.32 Å². The molecule has 1 heterocycles. The average molecular weight is 264 g/mol. The summed E-state index contributed by atoms with van der Waals surface area (Å²) in [7, 11) is 0. The van der Waals surface area contributed by atoms with E-state index in [4.69, 9.17) is 10.5 Å². The van der Waals surface area contributed by atoms with Gasteiger partial charge in [0.15, 0.2) is 0 Å². The summed E-state index contributed by atoms with van der Waals surface area (Å²) in [6.07, 6.45) is 3.31. The van der Waals surface area contributed by atoms with Gasteiger partial charge in [-0.25, -0.2) is 0 Å². The molecule has 0 amide bonds. The summed E-state index contributed by atoms with van der Waals surface area (Å²) in [6.45, 7) is 1.30. The minimum atomic E-state index is -0.461. The van der Waals surface area contributed by atoms with Crippen LogP contribution in [-0.2, 0) is 11.3 Å². The Labute approximate surface area is 115 Å². The van der Waals surface area contributed by atoms with Gasteiger partial charge in [-0.05, 0) is 43.7 Å². The summed E-state index contributed by atoms with van der Waals surface area (Å²) in [5.41, 5.74) is 6.70. The fraction of sp³-hybridized carbons (Fsp3) is 0.600. The molecule has 4 heteroatoms. The van der Waals surface area contributed by atoms with Gasteiger partial charge in [0.1, 0.15) is 12.5 Å². The van der Waals surface area contributed by atoms with Crippen LogP contribution in [-0.4, -0.2) is 24.1 Å². The van der Waals surface area contributed by atoms with Crippen molar-refractivity contribution < 1.29 is 9.84 Å². The van der Waals surface area contributed by atoms with E-state index in [0.29, 0.717) is 12.5 Å². The third-order valence-electron chi connectivity index (χ3n) is 3.59. The summed E-state index contributed by atoms with van der Waals surface area (Å²) in [4.78, 5) is 0. The van der Waals surface area contributed by atoms with Crippen molar-refractivity contribution in [2.45, 2.75) is 44.7 Å². The van der Waals surface area contributed by atoms with E-state index in [1.54, 1.807) is 0 Å². The fourth-order valence-corrected chi connectivity index (χ4v) is 2.59. The van der Waals surface area contributed by atoms with E-state index in [9.17, 15) is 5.11 Å². The molecule has 106 valence electrons. The molecule has 0 saturated carbocycles. The average Bonchev–Trinajstić information content (AvgIpc) is 2.43. The normalized spacial score (nSPS) is 27.4. The van der Waals surface area contributed by atoms with Crippen molar-refractivity contribution in [3.63, 3.8) is 0 Å². The molecule has 1 aromatic rings. The highest BCUT2D eigenvalue weighted by atomic mass is 16.5. The van der Waals surface area contributed by atoms with Gasteiger partial charge < -0.3 is 15.6 Å². The van der Waals surface area contributed by atoms with Gasteiger partial charge in [0.05, 0.1) is 6.61 Å². The van der Waals surface area contributed by atoms with E-state index in [2.05, 4.69) is 5.32 Å². The molecule has 3 atom stereocenters. The monoisotopic (exact) mass is 264 g/mol. The van der Waals surface area contributed by atoms with E-state index < -0.39 is 6.23 Å². The Balaban J connectivity index is 1.79. The molecule has 1 aliphatic rings. The molecule has 19 heavy (non-hydrogen) atoms. The van der Waals surface area contributed by atoms with Crippen LogP contribution in [0.25, 0.3) is 0 Å². The van der Waals surface area contributed by atoms with Crippen LogP contribution in [0.5, 0.6) is 0 Å². The largest absolute Gasteiger partial charge is 0.379 e. The third-order valence-corrected chi connectivity index (χ3v) is 3.59. The molecule has 4 nitrogen and oxygen atoms in total. The minimum absolute atomic E-state index is 0.0632. The molecule has 0 bridgehead atoms. The molecule has 2 rings (SSSR count). The van der Waals surface area contributed by atoms with Gasteiger partial charge in [-0.2, -0.15) is 0 Å². The lowest BCUT2D eigenvalue weighted by molar-refractivity contribution is -0.0696. The number of rotatable bonds is 6. The molecule has 1 aromatic carbocycles. The highest BCUT2D eigenvalue weighted by Gasteiger charge is 2.26. The molecule has 0 aliphatic carbocycles. The van der Waals surface area contributed by atoms with Crippen LogP contribution in [0.1, 0.15) is 31.2 Å². The second-order valence-corrected chi connectivity index (χ2v) is 5.24. The Kier molecular flexibility index (Phi) is 5.79. The van der Waals surface area contributed by atoms with Crippen LogP contribution in [0, 0.1) is 5.92 Å². The van der Waals surface area contributed by atoms with Gasteiger partial charge in [0.2, 0.25) is 0 Å². The van der Waals surface area contributed by atoms with Crippen molar-refractivity contribution in [2.24, 2.45) is 11.7 Å². The maximum atomic E-state index is 9.82. The summed E-state index contributed by atoms with van der Waals surface area (Å²) in [5, 5.41) is 12.9. The second-order valence-electron chi connectivity index (χ2n) is 5.24. The van der Waals surface area contributed by atoms with E-state index in [0.717, 1.165) is 37.8 Å². The zero-order chi connectivity index (χ0) is 13.5. The number of hydrogen-bond donors (Lipinski definition) is 3. The molecular formula is C15H24N2O2. The maximum Gasteiger partial charge on any atom is 0.110 e. The Morgan fingerprint density at radius 1 is 1.26 bits per heavy atom. The Morgan fingerprint density at radius 2 is 2.05 bits per heavy atom. The standard InChI is InChI=1S/C15H24N2O2/c16-8-4-7-13-9-14(18)17-15(10-13)19-11-12-5-2-1-3-6-12/h1-3,5-6,13-15,17-18H,4,7-11,16H2. The molecule has 4 N–H and O–H groups in total. The van der Waals surface area contributed by atoms with E-state index in [-0.39, 0.29) is 6.23 Å². The topological polar surface area (TPSA) is 67.5 Å². The maximum absolute atomic E-state index is 9.82. The molecule has 1 aliphatic heterocycles. The number of ether oxygens (including phenoxy) is 1. The van der Waals surface area contributed by atoms with Crippen LogP contribution >= 0.6 is 0 Å². The number of aliphatic hydroxyl groups is 1. The zero-order valence-corrected chi connectivity index (χ0v) is 11.3. The predicted molar refractivity (Wildman–Crippen MR) is 75.2 cm³/mol. The smallest absolute Gasteiger partial charge is 0.110 e. The van der Waals surface area contributed by atoms with Crippen molar-refractivity contribution in [3.8, 4) is 0 Å². The first-order chi connectivity index (χ1) is 9.28. The Hall–Kier alpha value is -0.940. The predicted octanol–water partition coefficient (Wildman–Crippen LogP) is 1.59. The zero-order valence-electron chi connectivity index (χ0n) is 11.3. The van der Waals surface area contributed by atoms with E-state index in [1.807, 2.05) is 30.3 Å². The number of hydrogen-bond acceptors (Lipinski definition) is 4. The van der Waals surface area contributed by atoms with Crippen LogP contribution in [0.2, 0.25) is 0 Å². The lowest BCUT2D eigenvalue weighted by Gasteiger charge is -2.33. The van der Waals surface area contributed by atoms with Gasteiger partial charge >= 0.3 is 0 Å². The molecule has 0 aromatic heterocycles. The molecule has 1 saturated heterocycles. The Bertz CT molecular complexity index is 358. The molecule has 3 unspecified atom stereocenters. The van der Waals surface area contributed by atoms with E-state index in [1.165, 1.54) is 0 Å². The van der Waals surface area contributed by atoms with Crippen LogP contribution in [0.3, 0.4) is 0 Å². The van der Waals surface area contributed by atoms with Gasteiger partial charge in [-0.15, -0.1) is 0 Å². The highest BCUT2D eigenvalue weighted by molar-refractivity contribution is 5.13. The summed E-state index contributed by atoms with van der Waals surface area (Å²) in [6, 6.07) is 10.1. The fourth-order valence-electron chi connectivity index (χ4n) is 2.59. The van der Waals surface area contributed by atoms with Crippen LogP contribution in [0.4, 0.5) is 0 Å². The molecule has 0 spiro atoms. The van der Waals surface area contributed by atoms with Gasteiger partial charge in [-0.3, -0.25) is 5.32 Å². The number of benzene rings is 1. The van der Waals surface area contributed by atoms with Crippen molar-refractivity contribution >= 4 is 0 Å². The van der Waals surface area contributed by atoms with Gasteiger partial charge in [-0.1, -0.05) is 30.3 Å². The van der Waals surface area contributed by atoms with Gasteiger partial charge in [0, 0.05) is 0 Å². The molecule has 1 fully saturated rings. The highest BCUT2D eigenvalue weighted by Crippen LogP contribution is 2.24. The first-order valence-electron chi connectivity index (χ1n) is 7.07. The number of nitrogens with two attached hydrogens (primary N) is 1. The first-order valence-corrected chi connectivity index (χ1v) is 7.07. The van der Waals surface area contributed by atoms with E-state index >= 15 is 0 Å². The summed E-state index contributed by atoms with van der Waals surface area (Å²) < 4.78 is 5.85. The van der Waals surface area contributed by atoms with Crippen LogP contribution in [0.15, 0.2) is 30.3 Å². The SMILES string of the molecule is NCCCC1CC(O)NC(OCc2ccccc2)C1. The van der Waals surface area contributed by atoms with Crippen molar-refractivity contribution in [1.29, 1.82) is 0 Å². The number of aliphatic hydroxyl groups excluding tert-OH is 1. The summed E-state index contributed by atoms with van der Waals surface area (Å²) >= 11 is 0. The first kappa shape index (κ1) is 14.5. The molecule has 0 radical (unpaired) electrons. The number of piperidine rings is 1. The van der Waals surface area contributed by atoms with Crippen LogP contribution < -0.4 is 11.1 Å². The quantitative estimate of drug-likeness (QED) is 0.730. The Morgan fingerprint density at radius 3 is 2.79 bits per heavy atom. The number of nitrogens with one attached hydrogen (secondary N) is 1. The molecular weight excluding hydrogens is 240 g/mol. The van der Waals surface area contributed by atoms with Crippen molar-refractivity contribution in [3.05, 3.63) is 35.9 Å². The van der Waals surface area contributed by atoms with Gasteiger partial charge in [0.25, 0.3) is 0 Å².